The van der Waals surface area contributed by atoms with Crippen LogP contribution in [0, 0.1) is 31.1 Å². The molecule has 0 fully saturated rings. The summed E-state index contributed by atoms with van der Waals surface area (Å²) < 4.78 is 5.28. The smallest absolute Gasteiger partial charge is 0.128 e. The van der Waals surface area contributed by atoms with Crippen molar-refractivity contribution < 1.29 is 9.84 Å². The van der Waals surface area contributed by atoms with E-state index in [4.69, 9.17) is 15.1 Å². The summed E-state index contributed by atoms with van der Waals surface area (Å²) >= 11 is 0. The second-order valence-electron chi connectivity index (χ2n) is 3.76. The van der Waals surface area contributed by atoms with Crippen LogP contribution in [0.5, 0.6) is 5.75 Å². The van der Waals surface area contributed by atoms with Gasteiger partial charge in [-0.1, -0.05) is 0 Å². The Balaban J connectivity index is 3.03. The van der Waals surface area contributed by atoms with Crippen molar-refractivity contribution >= 4 is 0 Å². The molecule has 86 valence electrons. The molecule has 1 aromatic heterocycles. The van der Waals surface area contributed by atoms with Gasteiger partial charge in [0.1, 0.15) is 5.75 Å². The Kier molecular flexibility index (Phi) is 4.27. The van der Waals surface area contributed by atoms with E-state index in [9.17, 15) is 0 Å². The van der Waals surface area contributed by atoms with Crippen molar-refractivity contribution in [3.63, 3.8) is 0 Å². The van der Waals surface area contributed by atoms with E-state index >= 15 is 0 Å². The van der Waals surface area contributed by atoms with E-state index < -0.39 is 5.92 Å². The van der Waals surface area contributed by atoms with Crippen molar-refractivity contribution in [2.45, 2.75) is 20.3 Å². The summed E-state index contributed by atoms with van der Waals surface area (Å²) in [7, 11) is 1.62. The molecule has 4 heteroatoms. The minimum atomic E-state index is -0.404. The first-order chi connectivity index (χ1) is 7.63. The first-order valence-electron chi connectivity index (χ1n) is 5.13. The zero-order chi connectivity index (χ0) is 12.1. The standard InChI is InChI=1S/C12H16N2O2/c1-8-6-14-11(4-10(5-13)7-15)9(2)12(8)16-3/h6,10,15H,4,7H2,1-3H3. The molecule has 0 radical (unpaired) electrons. The monoisotopic (exact) mass is 220 g/mol. The van der Waals surface area contributed by atoms with Crippen LogP contribution in [0.25, 0.3) is 0 Å². The number of aromatic nitrogens is 1. The summed E-state index contributed by atoms with van der Waals surface area (Å²) in [5.74, 6) is 0.401. The van der Waals surface area contributed by atoms with Crippen LogP contribution in [-0.4, -0.2) is 23.8 Å². The summed E-state index contributed by atoms with van der Waals surface area (Å²) in [5.41, 5.74) is 2.72. The number of nitriles is 1. The largest absolute Gasteiger partial charge is 0.496 e. The van der Waals surface area contributed by atoms with Gasteiger partial charge in [0.05, 0.1) is 25.7 Å². The van der Waals surface area contributed by atoms with E-state index in [1.54, 1.807) is 13.3 Å². The molecule has 0 aromatic carbocycles. The molecule has 0 spiro atoms. The van der Waals surface area contributed by atoms with E-state index in [0.29, 0.717) is 6.42 Å². The molecule has 1 aromatic rings. The lowest BCUT2D eigenvalue weighted by Crippen LogP contribution is -2.10. The molecule has 0 aliphatic carbocycles. The van der Waals surface area contributed by atoms with Gasteiger partial charge in [-0.3, -0.25) is 4.98 Å². The van der Waals surface area contributed by atoms with E-state index in [-0.39, 0.29) is 6.61 Å². The summed E-state index contributed by atoms with van der Waals surface area (Å²) in [4.78, 5) is 4.28. The summed E-state index contributed by atoms with van der Waals surface area (Å²) in [6, 6.07) is 2.05. The van der Waals surface area contributed by atoms with Crippen LogP contribution in [-0.2, 0) is 6.42 Å². The summed E-state index contributed by atoms with van der Waals surface area (Å²) in [6.07, 6.45) is 2.18. The average Bonchev–Trinajstić information content (AvgIpc) is 2.29. The Labute approximate surface area is 95.5 Å². The molecule has 1 atom stereocenters. The van der Waals surface area contributed by atoms with Crippen LogP contribution < -0.4 is 4.74 Å². The SMILES string of the molecule is COc1c(C)cnc(CC(C#N)CO)c1C. The van der Waals surface area contributed by atoms with E-state index in [1.807, 2.05) is 19.9 Å². The number of aliphatic hydroxyl groups is 1. The molecule has 0 saturated heterocycles. The van der Waals surface area contributed by atoms with Gasteiger partial charge in [-0.2, -0.15) is 5.26 Å². The van der Waals surface area contributed by atoms with Gasteiger partial charge in [0.2, 0.25) is 0 Å². The maximum Gasteiger partial charge on any atom is 0.128 e. The third-order valence-corrected chi connectivity index (χ3v) is 2.59. The zero-order valence-corrected chi connectivity index (χ0v) is 9.82. The van der Waals surface area contributed by atoms with Crippen molar-refractivity contribution in [3.05, 3.63) is 23.0 Å². The Bertz CT molecular complexity index is 410. The number of aliphatic hydroxyl groups excluding tert-OH is 1. The van der Waals surface area contributed by atoms with Crippen molar-refractivity contribution in [3.8, 4) is 11.8 Å². The number of hydrogen-bond acceptors (Lipinski definition) is 4. The highest BCUT2D eigenvalue weighted by Gasteiger charge is 2.14. The van der Waals surface area contributed by atoms with Crippen LogP contribution in [0.2, 0.25) is 0 Å². The van der Waals surface area contributed by atoms with E-state index in [2.05, 4.69) is 4.98 Å². The molecule has 16 heavy (non-hydrogen) atoms. The number of rotatable bonds is 4. The Morgan fingerprint density at radius 1 is 1.56 bits per heavy atom. The molecule has 0 saturated carbocycles. The van der Waals surface area contributed by atoms with Gasteiger partial charge >= 0.3 is 0 Å². The molecule has 1 unspecified atom stereocenters. The average molecular weight is 220 g/mol. The summed E-state index contributed by atoms with van der Waals surface area (Å²) in [5, 5.41) is 17.8. The minimum absolute atomic E-state index is 0.145. The Hall–Kier alpha value is -1.60. The fourth-order valence-electron chi connectivity index (χ4n) is 1.66. The molecule has 1 heterocycles. The quantitative estimate of drug-likeness (QED) is 0.832. The fourth-order valence-corrected chi connectivity index (χ4v) is 1.66. The van der Waals surface area contributed by atoms with Crippen molar-refractivity contribution in [1.82, 2.24) is 4.98 Å². The lowest BCUT2D eigenvalue weighted by atomic mass is 10.0. The fraction of sp³-hybridized carbons (Fsp3) is 0.500. The van der Waals surface area contributed by atoms with Gasteiger partial charge in [0.25, 0.3) is 0 Å². The molecular weight excluding hydrogens is 204 g/mol. The van der Waals surface area contributed by atoms with Crippen molar-refractivity contribution in [2.24, 2.45) is 5.92 Å². The number of pyridine rings is 1. The van der Waals surface area contributed by atoms with Gasteiger partial charge in [-0.15, -0.1) is 0 Å². The van der Waals surface area contributed by atoms with Crippen molar-refractivity contribution in [2.75, 3.05) is 13.7 Å². The van der Waals surface area contributed by atoms with Gasteiger partial charge in [-0.05, 0) is 13.8 Å². The van der Waals surface area contributed by atoms with Gasteiger partial charge in [0.15, 0.2) is 0 Å². The Morgan fingerprint density at radius 3 is 2.75 bits per heavy atom. The third kappa shape index (κ3) is 2.50. The molecule has 0 bridgehead atoms. The highest BCUT2D eigenvalue weighted by atomic mass is 16.5. The predicted molar refractivity (Wildman–Crippen MR) is 60.2 cm³/mol. The van der Waals surface area contributed by atoms with Crippen LogP contribution in [0.4, 0.5) is 0 Å². The maximum atomic E-state index is 8.98. The molecule has 0 amide bonds. The first kappa shape index (κ1) is 12.5. The highest BCUT2D eigenvalue weighted by molar-refractivity contribution is 5.41. The number of nitrogens with zero attached hydrogens (tertiary/aromatic N) is 2. The predicted octanol–water partition coefficient (Wildman–Crippen LogP) is 1.38. The van der Waals surface area contributed by atoms with Crippen LogP contribution in [0.15, 0.2) is 6.20 Å². The molecule has 1 N–H and O–H groups in total. The van der Waals surface area contributed by atoms with Gasteiger partial charge in [0, 0.05) is 29.4 Å². The zero-order valence-electron chi connectivity index (χ0n) is 9.82. The first-order valence-corrected chi connectivity index (χ1v) is 5.13. The summed E-state index contributed by atoms with van der Waals surface area (Å²) in [6.45, 7) is 3.70. The Morgan fingerprint density at radius 2 is 2.25 bits per heavy atom. The third-order valence-electron chi connectivity index (χ3n) is 2.59. The highest BCUT2D eigenvalue weighted by Crippen LogP contribution is 2.25. The number of aryl methyl sites for hydroxylation is 1. The molecule has 4 nitrogen and oxygen atoms in total. The lowest BCUT2D eigenvalue weighted by Gasteiger charge is -2.13. The van der Waals surface area contributed by atoms with Gasteiger partial charge < -0.3 is 9.84 Å². The maximum absolute atomic E-state index is 8.98. The topological polar surface area (TPSA) is 66.1 Å². The molecule has 0 aliphatic rings. The van der Waals surface area contributed by atoms with Crippen LogP contribution in [0.1, 0.15) is 16.8 Å². The molecule has 1 rings (SSSR count). The van der Waals surface area contributed by atoms with E-state index in [0.717, 1.165) is 22.6 Å². The molecular formula is C12H16N2O2. The van der Waals surface area contributed by atoms with Crippen LogP contribution >= 0.6 is 0 Å². The minimum Gasteiger partial charge on any atom is -0.496 e. The second kappa shape index (κ2) is 5.47. The molecule has 0 aliphatic heterocycles. The number of methoxy groups -OCH3 is 1. The van der Waals surface area contributed by atoms with E-state index in [1.165, 1.54) is 0 Å². The van der Waals surface area contributed by atoms with Crippen LogP contribution in [0.3, 0.4) is 0 Å². The number of ether oxygens (including phenoxy) is 1. The number of hydrogen-bond donors (Lipinski definition) is 1. The lowest BCUT2D eigenvalue weighted by molar-refractivity contribution is 0.254. The second-order valence-corrected chi connectivity index (χ2v) is 3.76. The van der Waals surface area contributed by atoms with Gasteiger partial charge in [-0.25, -0.2) is 0 Å². The van der Waals surface area contributed by atoms with Crippen molar-refractivity contribution in [1.29, 1.82) is 5.26 Å². The normalized spacial score (nSPS) is 11.9.